The van der Waals surface area contributed by atoms with Crippen LogP contribution in [0.3, 0.4) is 0 Å². The Bertz CT molecular complexity index is 580. The number of nitrogens with zero attached hydrogens (tertiary/aromatic N) is 2. The van der Waals surface area contributed by atoms with Gasteiger partial charge in [-0.25, -0.2) is 4.39 Å². The first kappa shape index (κ1) is 14.4. The van der Waals surface area contributed by atoms with Crippen molar-refractivity contribution in [3.8, 4) is 0 Å². The molecule has 0 amide bonds. The molecule has 6 heteroatoms. The SMILES string of the molecule is CN1CCC2(c3cc([N+](=O)[O-])ccc3F)CCCC1C2O. The highest BCUT2D eigenvalue weighted by atomic mass is 19.1. The molecule has 1 aromatic carbocycles. The molecule has 1 saturated heterocycles. The minimum absolute atomic E-state index is 0.00571. The summed E-state index contributed by atoms with van der Waals surface area (Å²) < 4.78 is 14.3. The van der Waals surface area contributed by atoms with Gasteiger partial charge in [0.25, 0.3) is 5.69 Å². The molecule has 21 heavy (non-hydrogen) atoms. The molecule has 0 radical (unpaired) electrons. The molecule has 3 atom stereocenters. The van der Waals surface area contributed by atoms with Crippen molar-refractivity contribution >= 4 is 5.69 Å². The summed E-state index contributed by atoms with van der Waals surface area (Å²) in [4.78, 5) is 12.6. The average Bonchev–Trinajstić information content (AvgIpc) is 2.44. The minimum Gasteiger partial charge on any atom is -0.391 e. The Kier molecular flexibility index (Phi) is 3.45. The zero-order chi connectivity index (χ0) is 15.2. The van der Waals surface area contributed by atoms with Gasteiger partial charge in [0.2, 0.25) is 0 Å². The smallest absolute Gasteiger partial charge is 0.269 e. The molecule has 0 aromatic heterocycles. The van der Waals surface area contributed by atoms with E-state index in [9.17, 15) is 19.6 Å². The van der Waals surface area contributed by atoms with Crippen LogP contribution >= 0.6 is 0 Å². The molecule has 1 N–H and O–H groups in total. The molecule has 1 heterocycles. The summed E-state index contributed by atoms with van der Waals surface area (Å²) in [6, 6.07) is 3.64. The lowest BCUT2D eigenvalue weighted by Gasteiger charge is -2.53. The van der Waals surface area contributed by atoms with E-state index in [0.717, 1.165) is 25.5 Å². The number of aliphatic hydroxyl groups is 1. The highest BCUT2D eigenvalue weighted by molar-refractivity contribution is 5.41. The van der Waals surface area contributed by atoms with Crippen molar-refractivity contribution in [2.75, 3.05) is 13.6 Å². The fourth-order valence-corrected chi connectivity index (χ4v) is 4.01. The van der Waals surface area contributed by atoms with E-state index in [-0.39, 0.29) is 11.7 Å². The van der Waals surface area contributed by atoms with Gasteiger partial charge in [0.1, 0.15) is 5.82 Å². The van der Waals surface area contributed by atoms with Crippen LogP contribution in [0.4, 0.5) is 10.1 Å². The number of hydrogen-bond donors (Lipinski definition) is 1. The van der Waals surface area contributed by atoms with Crippen molar-refractivity contribution in [3.05, 3.63) is 39.7 Å². The van der Waals surface area contributed by atoms with Crippen molar-refractivity contribution in [2.24, 2.45) is 0 Å². The number of likely N-dealkylation sites (N-methyl/N-ethyl adjacent to an activating group) is 1. The fraction of sp³-hybridized carbons (Fsp3) is 0.600. The lowest BCUT2D eigenvalue weighted by Crippen LogP contribution is -2.61. The van der Waals surface area contributed by atoms with Crippen molar-refractivity contribution < 1.29 is 14.4 Å². The molecule has 1 aliphatic heterocycles. The third kappa shape index (κ3) is 2.13. The number of piperidine rings is 1. The van der Waals surface area contributed by atoms with Crippen LogP contribution in [0, 0.1) is 15.9 Å². The number of aliphatic hydroxyl groups excluding tert-OH is 1. The van der Waals surface area contributed by atoms with E-state index in [1.807, 2.05) is 7.05 Å². The number of fused-ring (bicyclic) bond motifs is 2. The molecule has 5 nitrogen and oxygen atoms in total. The lowest BCUT2D eigenvalue weighted by atomic mass is 9.61. The van der Waals surface area contributed by atoms with Gasteiger partial charge in [0.15, 0.2) is 0 Å². The highest BCUT2D eigenvalue weighted by Crippen LogP contribution is 2.48. The Morgan fingerprint density at radius 1 is 1.48 bits per heavy atom. The lowest BCUT2D eigenvalue weighted by molar-refractivity contribution is -0.385. The van der Waals surface area contributed by atoms with Gasteiger partial charge in [-0.1, -0.05) is 6.42 Å². The maximum absolute atomic E-state index is 14.3. The second-order valence-electron chi connectivity index (χ2n) is 6.21. The van der Waals surface area contributed by atoms with Crippen LogP contribution in [0.25, 0.3) is 0 Å². The van der Waals surface area contributed by atoms with Gasteiger partial charge in [0, 0.05) is 29.2 Å². The maximum Gasteiger partial charge on any atom is 0.269 e. The molecule has 2 bridgehead atoms. The summed E-state index contributed by atoms with van der Waals surface area (Å²) in [7, 11) is 1.97. The first-order valence-corrected chi connectivity index (χ1v) is 7.28. The van der Waals surface area contributed by atoms with E-state index < -0.39 is 22.3 Å². The third-order valence-corrected chi connectivity index (χ3v) is 5.23. The van der Waals surface area contributed by atoms with Crippen LogP contribution in [0.2, 0.25) is 0 Å². The molecule has 3 unspecified atom stereocenters. The van der Waals surface area contributed by atoms with Crippen molar-refractivity contribution in [3.63, 3.8) is 0 Å². The summed E-state index contributed by atoms with van der Waals surface area (Å²) in [5, 5.41) is 21.7. The van der Waals surface area contributed by atoms with Gasteiger partial charge in [-0.2, -0.15) is 0 Å². The van der Waals surface area contributed by atoms with Gasteiger partial charge in [-0.15, -0.1) is 0 Å². The van der Waals surface area contributed by atoms with Gasteiger partial charge in [0.05, 0.1) is 11.0 Å². The summed E-state index contributed by atoms with van der Waals surface area (Å²) in [5.74, 6) is -0.454. The molecular weight excluding hydrogens is 275 g/mol. The second kappa shape index (κ2) is 5.03. The second-order valence-corrected chi connectivity index (χ2v) is 6.21. The normalized spacial score (nSPS) is 32.9. The van der Waals surface area contributed by atoms with Gasteiger partial charge >= 0.3 is 0 Å². The van der Waals surface area contributed by atoms with Crippen molar-refractivity contribution in [1.82, 2.24) is 4.90 Å². The molecule has 2 aliphatic rings. The van der Waals surface area contributed by atoms with E-state index in [4.69, 9.17) is 0 Å². The Hall–Kier alpha value is -1.53. The number of likely N-dealkylation sites (tertiary alicyclic amines) is 1. The van der Waals surface area contributed by atoms with E-state index in [2.05, 4.69) is 4.90 Å². The first-order chi connectivity index (χ1) is 9.95. The van der Waals surface area contributed by atoms with E-state index in [0.29, 0.717) is 18.4 Å². The standard InChI is InChI=1S/C15H19FN2O3/c1-17-8-7-15(6-2-3-13(17)14(15)19)11-9-10(18(20)21)4-5-12(11)16/h4-5,9,13-14,19H,2-3,6-8H2,1H3. The predicted octanol–water partition coefficient (Wildman–Crippen LogP) is 2.22. The molecule has 1 aromatic rings. The van der Waals surface area contributed by atoms with Crippen LogP contribution < -0.4 is 0 Å². The monoisotopic (exact) mass is 294 g/mol. The number of halogens is 1. The quantitative estimate of drug-likeness (QED) is 0.671. The number of hydrogen-bond acceptors (Lipinski definition) is 4. The highest BCUT2D eigenvalue weighted by Gasteiger charge is 2.51. The van der Waals surface area contributed by atoms with Crippen LogP contribution in [0.1, 0.15) is 31.2 Å². The number of rotatable bonds is 2. The number of benzene rings is 1. The van der Waals surface area contributed by atoms with Crippen LogP contribution in [-0.4, -0.2) is 40.7 Å². The summed E-state index contributed by atoms with van der Waals surface area (Å²) in [6.45, 7) is 0.768. The zero-order valence-electron chi connectivity index (χ0n) is 12.0. The van der Waals surface area contributed by atoms with Crippen LogP contribution in [0.15, 0.2) is 18.2 Å². The van der Waals surface area contributed by atoms with E-state index >= 15 is 0 Å². The van der Waals surface area contributed by atoms with Crippen molar-refractivity contribution in [1.29, 1.82) is 0 Å². The fourth-order valence-electron chi connectivity index (χ4n) is 4.01. The molecule has 114 valence electrons. The molecule has 1 saturated carbocycles. The molecular formula is C15H19FN2O3. The molecule has 1 aliphatic carbocycles. The molecule has 3 rings (SSSR count). The third-order valence-electron chi connectivity index (χ3n) is 5.23. The topological polar surface area (TPSA) is 66.6 Å². The predicted molar refractivity (Wildman–Crippen MR) is 75.6 cm³/mol. The van der Waals surface area contributed by atoms with E-state index in [1.165, 1.54) is 12.1 Å². The Morgan fingerprint density at radius 3 is 2.95 bits per heavy atom. The zero-order valence-corrected chi connectivity index (χ0v) is 12.0. The van der Waals surface area contributed by atoms with Gasteiger partial charge < -0.3 is 10.0 Å². The first-order valence-electron chi connectivity index (χ1n) is 7.28. The molecule has 0 spiro atoms. The Morgan fingerprint density at radius 2 is 2.24 bits per heavy atom. The largest absolute Gasteiger partial charge is 0.391 e. The molecule has 2 fully saturated rings. The maximum atomic E-state index is 14.3. The van der Waals surface area contributed by atoms with Gasteiger partial charge in [-0.05, 0) is 38.9 Å². The number of nitro groups is 1. The van der Waals surface area contributed by atoms with E-state index in [1.54, 1.807) is 0 Å². The average molecular weight is 294 g/mol. The minimum atomic E-state index is -0.689. The Labute approximate surface area is 122 Å². The van der Waals surface area contributed by atoms with Crippen LogP contribution in [0.5, 0.6) is 0 Å². The number of non-ortho nitro benzene ring substituents is 1. The summed E-state index contributed by atoms with van der Waals surface area (Å²) >= 11 is 0. The summed E-state index contributed by atoms with van der Waals surface area (Å²) in [5.41, 5.74) is -0.498. The Balaban J connectivity index is 2.09. The summed E-state index contributed by atoms with van der Waals surface area (Å²) in [6.07, 6.45) is 2.40. The van der Waals surface area contributed by atoms with Crippen molar-refractivity contribution in [2.45, 2.75) is 43.2 Å². The van der Waals surface area contributed by atoms with Crippen LogP contribution in [-0.2, 0) is 5.41 Å². The number of nitro benzene ring substituents is 1. The van der Waals surface area contributed by atoms with Gasteiger partial charge in [-0.3, -0.25) is 10.1 Å².